The van der Waals surface area contributed by atoms with Gasteiger partial charge in [-0.2, -0.15) is 4.98 Å². The number of hydrogen-bond acceptors (Lipinski definition) is 5. The summed E-state index contributed by atoms with van der Waals surface area (Å²) in [6.45, 7) is 3.97. The number of pyridine rings is 1. The highest BCUT2D eigenvalue weighted by atomic mass is 16.5. The molecule has 118 valence electrons. The van der Waals surface area contributed by atoms with Crippen LogP contribution in [0.5, 0.6) is 0 Å². The number of piperidine rings is 1. The third-order valence-electron chi connectivity index (χ3n) is 4.37. The fourth-order valence-electron chi connectivity index (χ4n) is 3.14. The van der Waals surface area contributed by atoms with Crippen LogP contribution >= 0.6 is 0 Å². The molecule has 0 aliphatic carbocycles. The molecule has 3 rings (SSSR count). The summed E-state index contributed by atoms with van der Waals surface area (Å²) in [6.07, 6.45) is 8.69. The van der Waals surface area contributed by atoms with Gasteiger partial charge in [-0.1, -0.05) is 24.6 Å². The van der Waals surface area contributed by atoms with E-state index in [1.54, 1.807) is 0 Å². The average molecular weight is 300 g/mol. The van der Waals surface area contributed by atoms with E-state index in [9.17, 15) is 0 Å². The van der Waals surface area contributed by atoms with Crippen LogP contribution in [0.1, 0.15) is 50.0 Å². The molecule has 0 bridgehead atoms. The van der Waals surface area contributed by atoms with Gasteiger partial charge in [-0.15, -0.1) is 0 Å². The number of likely N-dealkylation sites (tertiary alicyclic amines) is 1. The van der Waals surface area contributed by atoms with E-state index >= 15 is 0 Å². The molecule has 1 aliphatic heterocycles. The van der Waals surface area contributed by atoms with Crippen molar-refractivity contribution in [1.82, 2.24) is 20.0 Å². The minimum Gasteiger partial charge on any atom is -0.339 e. The summed E-state index contributed by atoms with van der Waals surface area (Å²) in [5.41, 5.74) is 1.18. The molecule has 22 heavy (non-hydrogen) atoms. The van der Waals surface area contributed by atoms with Crippen molar-refractivity contribution < 1.29 is 4.52 Å². The Labute approximate surface area is 131 Å². The lowest BCUT2D eigenvalue weighted by molar-refractivity contribution is 0.127. The van der Waals surface area contributed by atoms with Crippen molar-refractivity contribution >= 4 is 0 Å². The zero-order valence-electron chi connectivity index (χ0n) is 13.2. The standard InChI is InChI=1S/C17H24N4O/c1-2-17-19-16(20-22-17)13-21-12-6-4-8-15(21)10-9-14-7-3-5-11-18-14/h3,5,7,11,15H,2,4,6,8-10,12-13H2,1H3. The minimum atomic E-state index is 0.597. The smallest absolute Gasteiger partial charge is 0.226 e. The third-order valence-corrected chi connectivity index (χ3v) is 4.37. The Morgan fingerprint density at radius 2 is 2.27 bits per heavy atom. The van der Waals surface area contributed by atoms with Crippen LogP contribution in [0.15, 0.2) is 28.9 Å². The fourth-order valence-corrected chi connectivity index (χ4v) is 3.14. The molecule has 0 aromatic carbocycles. The molecule has 0 spiro atoms. The first-order valence-electron chi connectivity index (χ1n) is 8.30. The minimum absolute atomic E-state index is 0.597. The van der Waals surface area contributed by atoms with Gasteiger partial charge in [0.2, 0.25) is 5.89 Å². The normalized spacial score (nSPS) is 19.4. The lowest BCUT2D eigenvalue weighted by atomic mass is 9.97. The SMILES string of the molecule is CCc1nc(CN2CCCCC2CCc2ccccn2)no1. The molecular weight excluding hydrogens is 276 g/mol. The maximum absolute atomic E-state index is 5.22. The summed E-state index contributed by atoms with van der Waals surface area (Å²) < 4.78 is 5.22. The summed E-state index contributed by atoms with van der Waals surface area (Å²) in [4.78, 5) is 11.4. The van der Waals surface area contributed by atoms with E-state index in [4.69, 9.17) is 4.52 Å². The lowest BCUT2D eigenvalue weighted by Crippen LogP contribution is -2.39. The number of aryl methyl sites for hydroxylation is 2. The van der Waals surface area contributed by atoms with Crippen molar-refractivity contribution in [2.45, 2.75) is 58.0 Å². The first-order valence-corrected chi connectivity index (χ1v) is 8.30. The zero-order chi connectivity index (χ0) is 15.2. The molecule has 1 aliphatic rings. The van der Waals surface area contributed by atoms with Crippen molar-refractivity contribution in [2.24, 2.45) is 0 Å². The number of nitrogens with zero attached hydrogens (tertiary/aromatic N) is 4. The van der Waals surface area contributed by atoms with E-state index in [1.807, 2.05) is 19.2 Å². The molecule has 0 amide bonds. The molecule has 2 aromatic heterocycles. The largest absolute Gasteiger partial charge is 0.339 e. The summed E-state index contributed by atoms with van der Waals surface area (Å²) in [6, 6.07) is 6.74. The molecule has 1 fully saturated rings. The van der Waals surface area contributed by atoms with Gasteiger partial charge in [0, 0.05) is 24.4 Å². The van der Waals surface area contributed by atoms with E-state index < -0.39 is 0 Å². The van der Waals surface area contributed by atoms with E-state index in [-0.39, 0.29) is 0 Å². The summed E-state index contributed by atoms with van der Waals surface area (Å²) in [7, 11) is 0. The molecule has 5 heteroatoms. The summed E-state index contributed by atoms with van der Waals surface area (Å²) >= 11 is 0. The number of hydrogen-bond donors (Lipinski definition) is 0. The van der Waals surface area contributed by atoms with Crippen molar-refractivity contribution in [3.63, 3.8) is 0 Å². The van der Waals surface area contributed by atoms with Gasteiger partial charge in [-0.3, -0.25) is 9.88 Å². The predicted octanol–water partition coefficient (Wildman–Crippen LogP) is 3.01. The van der Waals surface area contributed by atoms with E-state index in [0.717, 1.165) is 44.1 Å². The van der Waals surface area contributed by atoms with Gasteiger partial charge in [0.1, 0.15) is 0 Å². The highest BCUT2D eigenvalue weighted by Gasteiger charge is 2.23. The van der Waals surface area contributed by atoms with Gasteiger partial charge in [0.15, 0.2) is 5.82 Å². The van der Waals surface area contributed by atoms with Gasteiger partial charge in [-0.05, 0) is 44.4 Å². The van der Waals surface area contributed by atoms with Crippen LogP contribution in [0.4, 0.5) is 0 Å². The zero-order valence-corrected chi connectivity index (χ0v) is 13.2. The molecule has 3 heterocycles. The van der Waals surface area contributed by atoms with Gasteiger partial charge >= 0.3 is 0 Å². The first-order chi connectivity index (χ1) is 10.8. The predicted molar refractivity (Wildman–Crippen MR) is 84.3 cm³/mol. The fraction of sp³-hybridized carbons (Fsp3) is 0.588. The second-order valence-corrected chi connectivity index (χ2v) is 5.94. The Balaban J connectivity index is 1.58. The van der Waals surface area contributed by atoms with Gasteiger partial charge < -0.3 is 4.52 Å². The first kappa shape index (κ1) is 15.2. The van der Waals surface area contributed by atoms with E-state index in [0.29, 0.717) is 6.04 Å². The molecule has 1 saturated heterocycles. The second kappa shape index (κ2) is 7.49. The maximum atomic E-state index is 5.22. The van der Waals surface area contributed by atoms with Gasteiger partial charge in [0.25, 0.3) is 0 Å². The highest BCUT2D eigenvalue weighted by molar-refractivity contribution is 5.04. The van der Waals surface area contributed by atoms with E-state index in [1.165, 1.54) is 25.0 Å². The topological polar surface area (TPSA) is 55.1 Å². The van der Waals surface area contributed by atoms with Crippen molar-refractivity contribution in [1.29, 1.82) is 0 Å². The molecule has 1 unspecified atom stereocenters. The van der Waals surface area contributed by atoms with Gasteiger partial charge in [-0.25, -0.2) is 0 Å². The van der Waals surface area contributed by atoms with Crippen molar-refractivity contribution in [2.75, 3.05) is 6.54 Å². The Hall–Kier alpha value is -1.75. The Bertz CT molecular complexity index is 569. The number of rotatable bonds is 6. The van der Waals surface area contributed by atoms with E-state index in [2.05, 4.69) is 32.2 Å². The van der Waals surface area contributed by atoms with Crippen LogP contribution in [-0.4, -0.2) is 32.6 Å². The third kappa shape index (κ3) is 3.91. The highest BCUT2D eigenvalue weighted by Crippen LogP contribution is 2.22. The Morgan fingerprint density at radius 1 is 1.32 bits per heavy atom. The molecular formula is C17H24N4O. The molecule has 0 radical (unpaired) electrons. The molecule has 0 N–H and O–H groups in total. The van der Waals surface area contributed by atoms with Crippen LogP contribution in [0.3, 0.4) is 0 Å². The van der Waals surface area contributed by atoms with Gasteiger partial charge in [0.05, 0.1) is 6.54 Å². The summed E-state index contributed by atoms with van der Waals surface area (Å²) in [5, 5.41) is 4.09. The number of aromatic nitrogens is 3. The molecule has 2 aromatic rings. The summed E-state index contributed by atoms with van der Waals surface area (Å²) in [5.74, 6) is 1.55. The molecule has 1 atom stereocenters. The molecule has 0 saturated carbocycles. The second-order valence-electron chi connectivity index (χ2n) is 5.94. The average Bonchev–Trinajstić information content (AvgIpc) is 3.03. The van der Waals surface area contributed by atoms with Crippen LogP contribution in [0.2, 0.25) is 0 Å². The quantitative estimate of drug-likeness (QED) is 0.821. The Kier molecular flexibility index (Phi) is 5.16. The monoisotopic (exact) mass is 300 g/mol. The van der Waals surface area contributed by atoms with Crippen LogP contribution < -0.4 is 0 Å². The maximum Gasteiger partial charge on any atom is 0.226 e. The van der Waals surface area contributed by atoms with Crippen molar-refractivity contribution in [3.05, 3.63) is 41.8 Å². The lowest BCUT2D eigenvalue weighted by Gasteiger charge is -2.34. The van der Waals surface area contributed by atoms with Crippen molar-refractivity contribution in [3.8, 4) is 0 Å². The van der Waals surface area contributed by atoms with Crippen LogP contribution in [-0.2, 0) is 19.4 Å². The Morgan fingerprint density at radius 3 is 3.05 bits per heavy atom. The molecule has 5 nitrogen and oxygen atoms in total. The van der Waals surface area contributed by atoms with Crippen LogP contribution in [0, 0.1) is 0 Å². The van der Waals surface area contributed by atoms with Crippen LogP contribution in [0.25, 0.3) is 0 Å².